The van der Waals surface area contributed by atoms with E-state index in [1.54, 1.807) is 5.56 Å². The van der Waals surface area contributed by atoms with Crippen molar-refractivity contribution in [2.45, 2.75) is 38.6 Å². The van der Waals surface area contributed by atoms with Crippen molar-refractivity contribution in [1.29, 1.82) is 0 Å². The maximum Gasteiger partial charge on any atom is 0.0220 e. The monoisotopic (exact) mass is 189 g/mol. The van der Waals surface area contributed by atoms with Crippen LogP contribution in [0.1, 0.15) is 29.5 Å². The summed E-state index contributed by atoms with van der Waals surface area (Å²) in [4.78, 5) is 0. The van der Waals surface area contributed by atoms with Crippen molar-refractivity contribution in [3.8, 4) is 0 Å². The minimum Gasteiger partial charge on any atom is -0.314 e. The summed E-state index contributed by atoms with van der Waals surface area (Å²) < 4.78 is 0. The Hall–Kier alpha value is -0.820. The second-order valence-corrected chi connectivity index (χ2v) is 4.58. The number of rotatable bonds is 3. The van der Waals surface area contributed by atoms with Gasteiger partial charge in [-0.05, 0) is 56.8 Å². The van der Waals surface area contributed by atoms with E-state index in [0.717, 1.165) is 0 Å². The van der Waals surface area contributed by atoms with E-state index >= 15 is 0 Å². The van der Waals surface area contributed by atoms with Crippen molar-refractivity contribution in [2.24, 2.45) is 0 Å². The molecular weight excluding hydrogens is 170 g/mol. The Bertz CT molecular complexity index is 317. The van der Waals surface area contributed by atoms with Gasteiger partial charge < -0.3 is 5.32 Å². The van der Waals surface area contributed by atoms with Crippen LogP contribution < -0.4 is 5.32 Å². The second kappa shape index (κ2) is 3.39. The van der Waals surface area contributed by atoms with Crippen LogP contribution in [0.3, 0.4) is 0 Å². The van der Waals surface area contributed by atoms with Crippen LogP contribution in [0, 0.1) is 13.8 Å². The topological polar surface area (TPSA) is 12.0 Å². The lowest BCUT2D eigenvalue weighted by Crippen LogP contribution is -2.30. The molecule has 1 N–H and O–H groups in total. The molecule has 0 aliphatic heterocycles. The molecule has 1 nitrogen and oxygen atoms in total. The van der Waals surface area contributed by atoms with Gasteiger partial charge in [0.1, 0.15) is 0 Å². The van der Waals surface area contributed by atoms with Gasteiger partial charge in [0.05, 0.1) is 0 Å². The third-order valence-electron chi connectivity index (χ3n) is 3.54. The van der Waals surface area contributed by atoms with Gasteiger partial charge in [0.2, 0.25) is 0 Å². The normalized spacial score (nSPS) is 18.2. The number of nitrogens with one attached hydrogen (secondary N) is 1. The quantitative estimate of drug-likeness (QED) is 0.770. The minimum atomic E-state index is 0.427. The molecule has 14 heavy (non-hydrogen) atoms. The highest BCUT2D eigenvalue weighted by molar-refractivity contribution is 5.36. The van der Waals surface area contributed by atoms with E-state index in [1.165, 1.54) is 30.4 Å². The largest absolute Gasteiger partial charge is 0.314 e. The van der Waals surface area contributed by atoms with Crippen molar-refractivity contribution >= 4 is 0 Å². The summed E-state index contributed by atoms with van der Waals surface area (Å²) in [6.07, 6.45) is 3.86. The molecule has 1 aromatic rings. The molecule has 1 heteroatoms. The second-order valence-electron chi connectivity index (χ2n) is 4.58. The highest BCUT2D eigenvalue weighted by Gasteiger charge is 2.41. The molecule has 1 aromatic carbocycles. The zero-order chi connectivity index (χ0) is 10.2. The molecule has 0 unspecified atom stereocenters. The summed E-state index contributed by atoms with van der Waals surface area (Å²) in [6, 6.07) is 6.58. The van der Waals surface area contributed by atoms with Crippen LogP contribution in [0.15, 0.2) is 18.2 Å². The molecule has 0 atom stereocenters. The van der Waals surface area contributed by atoms with E-state index in [0.29, 0.717) is 5.54 Å². The molecule has 0 radical (unpaired) electrons. The molecule has 1 fully saturated rings. The van der Waals surface area contributed by atoms with E-state index < -0.39 is 0 Å². The molecule has 0 bridgehead atoms. The van der Waals surface area contributed by atoms with Crippen LogP contribution in [0.4, 0.5) is 0 Å². The predicted molar refractivity (Wildman–Crippen MR) is 60.6 cm³/mol. The molecular formula is C13H19N. The van der Waals surface area contributed by atoms with Crippen LogP contribution >= 0.6 is 0 Å². The van der Waals surface area contributed by atoms with E-state index in [1.807, 2.05) is 0 Å². The highest BCUT2D eigenvalue weighted by Crippen LogP contribution is 2.39. The van der Waals surface area contributed by atoms with Crippen LogP contribution in [0.5, 0.6) is 0 Å². The first kappa shape index (κ1) is 9.72. The summed E-state index contributed by atoms with van der Waals surface area (Å²) in [5.41, 5.74) is 4.84. The zero-order valence-electron chi connectivity index (χ0n) is 9.35. The van der Waals surface area contributed by atoms with Crippen molar-refractivity contribution in [2.75, 3.05) is 7.05 Å². The Balaban J connectivity index is 2.24. The van der Waals surface area contributed by atoms with Crippen molar-refractivity contribution in [1.82, 2.24) is 5.32 Å². The summed E-state index contributed by atoms with van der Waals surface area (Å²) in [7, 11) is 2.08. The molecule has 1 aliphatic carbocycles. The van der Waals surface area contributed by atoms with Gasteiger partial charge in [-0.3, -0.25) is 0 Å². The molecule has 1 aliphatic rings. The van der Waals surface area contributed by atoms with Gasteiger partial charge in [0, 0.05) is 5.54 Å². The van der Waals surface area contributed by atoms with Gasteiger partial charge in [0.15, 0.2) is 0 Å². The van der Waals surface area contributed by atoms with Gasteiger partial charge in [-0.15, -0.1) is 0 Å². The van der Waals surface area contributed by atoms with Crippen LogP contribution in [-0.2, 0) is 6.42 Å². The summed E-state index contributed by atoms with van der Waals surface area (Å²) in [5.74, 6) is 0. The van der Waals surface area contributed by atoms with E-state index in [2.05, 4.69) is 44.4 Å². The highest BCUT2D eigenvalue weighted by atomic mass is 15.0. The first-order valence-electron chi connectivity index (χ1n) is 5.41. The Morgan fingerprint density at radius 1 is 1.21 bits per heavy atom. The van der Waals surface area contributed by atoms with Gasteiger partial charge in [-0.1, -0.05) is 18.2 Å². The molecule has 2 rings (SSSR count). The van der Waals surface area contributed by atoms with E-state index in [-0.39, 0.29) is 0 Å². The van der Waals surface area contributed by atoms with Gasteiger partial charge in [-0.25, -0.2) is 0 Å². The van der Waals surface area contributed by atoms with Gasteiger partial charge >= 0.3 is 0 Å². The minimum absolute atomic E-state index is 0.427. The molecule has 0 amide bonds. The first-order valence-corrected chi connectivity index (χ1v) is 5.41. The molecule has 0 heterocycles. The van der Waals surface area contributed by atoms with Gasteiger partial charge in [-0.2, -0.15) is 0 Å². The van der Waals surface area contributed by atoms with Gasteiger partial charge in [0.25, 0.3) is 0 Å². The molecule has 0 aromatic heterocycles. The summed E-state index contributed by atoms with van der Waals surface area (Å²) >= 11 is 0. The Kier molecular flexibility index (Phi) is 2.36. The van der Waals surface area contributed by atoms with E-state index in [4.69, 9.17) is 0 Å². The fourth-order valence-corrected chi connectivity index (χ4v) is 2.13. The molecule has 76 valence electrons. The number of hydrogen-bond donors (Lipinski definition) is 1. The molecule has 1 saturated carbocycles. The third kappa shape index (κ3) is 1.69. The Morgan fingerprint density at radius 2 is 1.79 bits per heavy atom. The predicted octanol–water partition coefficient (Wildman–Crippen LogP) is 2.60. The lowest BCUT2D eigenvalue weighted by molar-refractivity contribution is 0.546. The fraction of sp³-hybridized carbons (Fsp3) is 0.538. The maximum atomic E-state index is 3.46. The lowest BCUT2D eigenvalue weighted by Gasteiger charge is -2.17. The third-order valence-corrected chi connectivity index (χ3v) is 3.54. The zero-order valence-corrected chi connectivity index (χ0v) is 9.35. The smallest absolute Gasteiger partial charge is 0.0220 e. The number of likely N-dealkylation sites (N-methyl/N-ethyl adjacent to an activating group) is 1. The average molecular weight is 189 g/mol. The fourth-order valence-electron chi connectivity index (χ4n) is 2.13. The molecule has 0 saturated heterocycles. The Labute approximate surface area is 86.5 Å². The van der Waals surface area contributed by atoms with Crippen LogP contribution in [0.25, 0.3) is 0 Å². The number of hydrogen-bond acceptors (Lipinski definition) is 1. The number of aryl methyl sites for hydroxylation is 2. The standard InChI is InChI=1S/C13H19N/c1-10-5-4-6-11(2)12(10)9-13(14-3)7-8-13/h4-6,14H,7-9H2,1-3H3. The van der Waals surface area contributed by atoms with E-state index in [9.17, 15) is 0 Å². The number of benzene rings is 1. The summed E-state index contributed by atoms with van der Waals surface area (Å²) in [6.45, 7) is 4.43. The SMILES string of the molecule is CNC1(Cc2c(C)cccc2C)CC1. The van der Waals surface area contributed by atoms with Crippen LogP contribution in [-0.4, -0.2) is 12.6 Å². The average Bonchev–Trinajstić information content (AvgIpc) is 2.93. The molecule has 0 spiro atoms. The maximum absolute atomic E-state index is 3.46. The Morgan fingerprint density at radius 3 is 2.21 bits per heavy atom. The lowest BCUT2D eigenvalue weighted by atomic mass is 9.95. The summed E-state index contributed by atoms with van der Waals surface area (Å²) in [5, 5.41) is 3.46. The first-order chi connectivity index (χ1) is 6.67. The van der Waals surface area contributed by atoms with Crippen molar-refractivity contribution in [3.05, 3.63) is 34.9 Å². The van der Waals surface area contributed by atoms with Crippen molar-refractivity contribution < 1.29 is 0 Å². The van der Waals surface area contributed by atoms with Crippen molar-refractivity contribution in [3.63, 3.8) is 0 Å². The van der Waals surface area contributed by atoms with Crippen LogP contribution in [0.2, 0.25) is 0 Å².